The summed E-state index contributed by atoms with van der Waals surface area (Å²) in [6.45, 7) is 0. The number of guanidine groups is 1. The van der Waals surface area contributed by atoms with E-state index in [4.69, 9.17) is 21.9 Å². The number of carbonyl (C=O) groups is 1. The maximum absolute atomic E-state index is 12.4. The maximum atomic E-state index is 12.4. The first-order chi connectivity index (χ1) is 11.5. The van der Waals surface area contributed by atoms with Crippen LogP contribution in [-0.2, 0) is 0 Å². The number of esters is 1. The number of nitrogen functional groups attached to an aromatic ring is 1. The van der Waals surface area contributed by atoms with Gasteiger partial charge in [0.05, 0.1) is 16.9 Å². The summed E-state index contributed by atoms with van der Waals surface area (Å²) in [5.41, 5.74) is 17.9. The van der Waals surface area contributed by atoms with Crippen molar-refractivity contribution in [2.45, 2.75) is 0 Å². The van der Waals surface area contributed by atoms with E-state index in [1.54, 1.807) is 30.3 Å². The van der Waals surface area contributed by atoms with Gasteiger partial charge in [-0.3, -0.25) is 0 Å². The highest BCUT2D eigenvalue weighted by atomic mass is 35.5. The molecule has 3 aromatic carbocycles. The number of hydrogen-bond donors (Lipinski definition) is 3. The largest absolute Gasteiger partial charge is 0.420 e. The Morgan fingerprint density at radius 1 is 0.885 bits per heavy atom. The summed E-state index contributed by atoms with van der Waals surface area (Å²) < 4.78 is 5.52. The molecule has 3 aromatic rings. The lowest BCUT2D eigenvalue weighted by Crippen LogP contribution is -2.21. The fourth-order valence-electron chi connectivity index (χ4n) is 2.35. The molecule has 0 unspecified atom stereocenters. The van der Waals surface area contributed by atoms with E-state index in [1.807, 2.05) is 30.3 Å². The van der Waals surface area contributed by atoms with E-state index >= 15 is 0 Å². The standard InChI is InChI=1S/C18H16N4O2.2ClH/c19-15-10-7-11-3-1-2-4-14(11)16(15)24-17(23)12-5-8-13(9-6-12)22-18(20)21;;/h1-10H,19H2,(H4,20,21,22);2*1H. The van der Waals surface area contributed by atoms with Crippen LogP contribution < -0.4 is 21.9 Å². The second-order valence-electron chi connectivity index (χ2n) is 5.18. The van der Waals surface area contributed by atoms with Gasteiger partial charge in [-0.15, -0.1) is 24.8 Å². The van der Waals surface area contributed by atoms with Gasteiger partial charge in [0.25, 0.3) is 0 Å². The van der Waals surface area contributed by atoms with Crippen molar-refractivity contribution in [2.24, 2.45) is 16.5 Å². The minimum absolute atomic E-state index is 0. The Balaban J connectivity index is 0.00000169. The highest BCUT2D eigenvalue weighted by Gasteiger charge is 2.13. The first-order valence-corrected chi connectivity index (χ1v) is 7.24. The van der Waals surface area contributed by atoms with Gasteiger partial charge in [-0.05, 0) is 35.7 Å². The zero-order chi connectivity index (χ0) is 17.1. The number of aliphatic imine (C=N–C) groups is 1. The van der Waals surface area contributed by atoms with E-state index in [1.165, 1.54) is 0 Å². The zero-order valence-corrected chi connectivity index (χ0v) is 15.2. The number of anilines is 1. The molecule has 8 heteroatoms. The molecule has 0 bridgehead atoms. The van der Waals surface area contributed by atoms with Crippen molar-refractivity contribution in [1.29, 1.82) is 0 Å². The molecule has 0 heterocycles. The van der Waals surface area contributed by atoms with Crippen molar-refractivity contribution in [1.82, 2.24) is 0 Å². The number of carbonyl (C=O) groups excluding carboxylic acids is 1. The number of rotatable bonds is 3. The van der Waals surface area contributed by atoms with E-state index in [2.05, 4.69) is 4.99 Å². The van der Waals surface area contributed by atoms with Crippen molar-refractivity contribution in [3.05, 3.63) is 66.2 Å². The second kappa shape index (κ2) is 8.94. The van der Waals surface area contributed by atoms with Crippen molar-refractivity contribution >= 4 is 58.9 Å². The number of nitrogens with two attached hydrogens (primary N) is 3. The monoisotopic (exact) mass is 392 g/mol. The Labute approximate surface area is 162 Å². The summed E-state index contributed by atoms with van der Waals surface area (Å²) in [5, 5.41) is 1.72. The molecule has 0 spiro atoms. The number of nitrogens with zero attached hydrogens (tertiary/aromatic N) is 1. The van der Waals surface area contributed by atoms with Crippen LogP contribution in [0.4, 0.5) is 11.4 Å². The highest BCUT2D eigenvalue weighted by Crippen LogP contribution is 2.32. The van der Waals surface area contributed by atoms with Crippen molar-refractivity contribution in [2.75, 3.05) is 5.73 Å². The fourth-order valence-corrected chi connectivity index (χ4v) is 2.35. The Kier molecular flexibility index (Phi) is 7.25. The SMILES string of the molecule is Cl.Cl.NC(N)=Nc1ccc(C(=O)Oc2c(N)ccc3ccccc23)cc1. The molecule has 0 atom stereocenters. The molecule has 0 fully saturated rings. The van der Waals surface area contributed by atoms with E-state index in [0.717, 1.165) is 10.8 Å². The van der Waals surface area contributed by atoms with Crippen LogP contribution in [0.3, 0.4) is 0 Å². The number of fused-ring (bicyclic) bond motifs is 1. The molecule has 0 aliphatic rings. The maximum Gasteiger partial charge on any atom is 0.343 e. The molecule has 0 saturated carbocycles. The van der Waals surface area contributed by atoms with Crippen LogP contribution in [0.25, 0.3) is 10.8 Å². The molecule has 0 radical (unpaired) electrons. The molecule has 3 rings (SSSR count). The van der Waals surface area contributed by atoms with E-state index in [-0.39, 0.29) is 30.8 Å². The van der Waals surface area contributed by atoms with Crippen LogP contribution in [0.5, 0.6) is 5.75 Å². The van der Waals surface area contributed by atoms with Gasteiger partial charge in [0.2, 0.25) is 0 Å². The number of benzene rings is 3. The first kappa shape index (κ1) is 21.1. The zero-order valence-electron chi connectivity index (χ0n) is 13.6. The van der Waals surface area contributed by atoms with Crippen LogP contribution in [0.2, 0.25) is 0 Å². The number of halogens is 2. The van der Waals surface area contributed by atoms with Crippen LogP contribution in [0, 0.1) is 0 Å². The minimum atomic E-state index is -0.505. The summed E-state index contributed by atoms with van der Waals surface area (Å²) in [5.74, 6) is -0.199. The van der Waals surface area contributed by atoms with E-state index in [9.17, 15) is 4.79 Å². The van der Waals surface area contributed by atoms with E-state index in [0.29, 0.717) is 22.7 Å². The molecule has 26 heavy (non-hydrogen) atoms. The molecule has 6 N–H and O–H groups in total. The molecule has 6 nitrogen and oxygen atoms in total. The second-order valence-corrected chi connectivity index (χ2v) is 5.18. The molecular weight excluding hydrogens is 375 g/mol. The topological polar surface area (TPSA) is 117 Å². The number of hydrogen-bond acceptors (Lipinski definition) is 4. The van der Waals surface area contributed by atoms with Gasteiger partial charge in [-0.2, -0.15) is 0 Å². The van der Waals surface area contributed by atoms with Gasteiger partial charge < -0.3 is 21.9 Å². The van der Waals surface area contributed by atoms with Crippen molar-refractivity contribution in [3.63, 3.8) is 0 Å². The molecule has 0 saturated heterocycles. The third-order valence-electron chi connectivity index (χ3n) is 3.47. The Morgan fingerprint density at radius 2 is 1.54 bits per heavy atom. The Morgan fingerprint density at radius 3 is 2.19 bits per heavy atom. The van der Waals surface area contributed by atoms with Gasteiger partial charge in [-0.1, -0.05) is 30.3 Å². The molecule has 0 aliphatic carbocycles. The molecule has 0 aliphatic heterocycles. The highest BCUT2D eigenvalue weighted by molar-refractivity contribution is 5.98. The van der Waals surface area contributed by atoms with Gasteiger partial charge in [0.15, 0.2) is 11.7 Å². The summed E-state index contributed by atoms with van der Waals surface area (Å²) in [6, 6.07) is 17.6. The van der Waals surface area contributed by atoms with Gasteiger partial charge in [-0.25, -0.2) is 9.79 Å². The first-order valence-electron chi connectivity index (χ1n) is 7.24. The van der Waals surface area contributed by atoms with Crippen molar-refractivity contribution < 1.29 is 9.53 Å². The Hall–Kier alpha value is -2.96. The normalized spacial score (nSPS) is 9.54. The van der Waals surface area contributed by atoms with Crippen LogP contribution >= 0.6 is 24.8 Å². The molecule has 0 amide bonds. The van der Waals surface area contributed by atoms with E-state index < -0.39 is 5.97 Å². The molecular formula is C18H18Cl2N4O2. The summed E-state index contributed by atoms with van der Waals surface area (Å²) in [6.07, 6.45) is 0. The predicted octanol–water partition coefficient (Wildman–Crippen LogP) is 3.39. The number of ether oxygens (including phenoxy) is 1. The van der Waals surface area contributed by atoms with Crippen LogP contribution in [0.1, 0.15) is 10.4 Å². The third-order valence-corrected chi connectivity index (χ3v) is 3.47. The van der Waals surface area contributed by atoms with Crippen molar-refractivity contribution in [3.8, 4) is 5.75 Å². The quantitative estimate of drug-likeness (QED) is 0.207. The van der Waals surface area contributed by atoms with Gasteiger partial charge in [0, 0.05) is 5.39 Å². The fraction of sp³-hybridized carbons (Fsp3) is 0. The minimum Gasteiger partial charge on any atom is -0.420 e. The lowest BCUT2D eigenvalue weighted by Gasteiger charge is -2.10. The lowest BCUT2D eigenvalue weighted by atomic mass is 10.1. The average Bonchev–Trinajstić information content (AvgIpc) is 2.57. The van der Waals surface area contributed by atoms with Crippen LogP contribution in [-0.4, -0.2) is 11.9 Å². The molecule has 136 valence electrons. The lowest BCUT2D eigenvalue weighted by molar-refractivity contribution is 0.0738. The smallest absolute Gasteiger partial charge is 0.343 e. The summed E-state index contributed by atoms with van der Waals surface area (Å²) >= 11 is 0. The predicted molar refractivity (Wildman–Crippen MR) is 110 cm³/mol. The molecule has 0 aromatic heterocycles. The van der Waals surface area contributed by atoms with Gasteiger partial charge in [0.1, 0.15) is 0 Å². The summed E-state index contributed by atoms with van der Waals surface area (Å²) in [4.78, 5) is 16.3. The van der Waals surface area contributed by atoms with Gasteiger partial charge >= 0.3 is 5.97 Å². The third kappa shape index (κ3) is 4.56. The average molecular weight is 393 g/mol. The van der Waals surface area contributed by atoms with Crippen LogP contribution in [0.15, 0.2) is 65.7 Å². The Bertz CT molecular complexity index is 940. The summed E-state index contributed by atoms with van der Waals surface area (Å²) in [7, 11) is 0.